The quantitative estimate of drug-likeness (QED) is 0.481. The van der Waals surface area contributed by atoms with Gasteiger partial charge in [-0.05, 0) is 53.6 Å². The summed E-state index contributed by atoms with van der Waals surface area (Å²) < 4.78 is 5.27. The molecule has 0 radical (unpaired) electrons. The monoisotopic (exact) mass is 475 g/mol. The number of amides is 3. The van der Waals surface area contributed by atoms with E-state index < -0.39 is 12.1 Å². The average molecular weight is 476 g/mol. The molecule has 35 heavy (non-hydrogen) atoms. The molecule has 4 rings (SSSR count). The number of ether oxygens (including phenoxy) is 1. The van der Waals surface area contributed by atoms with Crippen molar-refractivity contribution < 1.29 is 19.1 Å². The molecule has 2 atom stereocenters. The average Bonchev–Trinajstić information content (AvgIpc) is 3.35. The summed E-state index contributed by atoms with van der Waals surface area (Å²) in [5.41, 5.74) is 7.43. The summed E-state index contributed by atoms with van der Waals surface area (Å²) in [6, 6.07) is 13.1. The molecule has 1 aliphatic heterocycles. The zero-order valence-corrected chi connectivity index (χ0v) is 19.8. The lowest BCUT2D eigenvalue weighted by molar-refractivity contribution is -0.141. The van der Waals surface area contributed by atoms with Gasteiger partial charge in [-0.1, -0.05) is 24.3 Å². The fraction of sp³-hybridized carbons (Fsp3) is 0.308. The third-order valence-corrected chi connectivity index (χ3v) is 6.19. The van der Waals surface area contributed by atoms with E-state index in [4.69, 9.17) is 10.5 Å². The number of nitrogens with zero attached hydrogens (tertiary/aromatic N) is 2. The van der Waals surface area contributed by atoms with E-state index in [1.54, 1.807) is 35.4 Å². The van der Waals surface area contributed by atoms with Gasteiger partial charge < -0.3 is 26.0 Å². The van der Waals surface area contributed by atoms with E-state index in [0.29, 0.717) is 43.1 Å². The van der Waals surface area contributed by atoms with Gasteiger partial charge in [-0.15, -0.1) is 0 Å². The number of fused-ring (bicyclic) bond motifs is 1. The Balaban J connectivity index is 1.48. The summed E-state index contributed by atoms with van der Waals surface area (Å²) in [6.45, 7) is 2.13. The van der Waals surface area contributed by atoms with Crippen LogP contribution in [0.4, 0.5) is 5.82 Å². The minimum atomic E-state index is -0.907. The van der Waals surface area contributed by atoms with Crippen LogP contribution in [0.1, 0.15) is 36.9 Å². The Morgan fingerprint density at radius 2 is 2.03 bits per heavy atom. The molecule has 0 saturated carbocycles. The summed E-state index contributed by atoms with van der Waals surface area (Å²) in [6.07, 6.45) is 2.91. The minimum Gasteiger partial charge on any atom is -0.497 e. The molecule has 3 aromatic rings. The van der Waals surface area contributed by atoms with Gasteiger partial charge in [-0.3, -0.25) is 14.4 Å². The van der Waals surface area contributed by atoms with Gasteiger partial charge in [0, 0.05) is 31.6 Å². The summed E-state index contributed by atoms with van der Waals surface area (Å²) in [7, 11) is 1.54. The smallest absolute Gasteiger partial charge is 0.250 e. The third-order valence-electron chi connectivity index (χ3n) is 6.19. The number of benzene rings is 2. The molecule has 1 fully saturated rings. The number of nitrogens with two attached hydrogens (primary N) is 1. The first-order chi connectivity index (χ1) is 16.9. The molecule has 9 heteroatoms. The van der Waals surface area contributed by atoms with E-state index in [-0.39, 0.29) is 17.7 Å². The Hall–Kier alpha value is -4.14. The number of carbonyl (C=O) groups excluding carboxylic acids is 3. The maximum atomic E-state index is 13.5. The molecule has 1 aromatic heterocycles. The molecule has 0 spiro atoms. The van der Waals surface area contributed by atoms with Gasteiger partial charge in [0.15, 0.2) is 0 Å². The molecule has 2 aromatic carbocycles. The molecule has 1 aliphatic rings. The Kier molecular flexibility index (Phi) is 7.14. The largest absolute Gasteiger partial charge is 0.497 e. The van der Waals surface area contributed by atoms with Crippen LogP contribution in [-0.4, -0.2) is 47.3 Å². The van der Waals surface area contributed by atoms with Crippen molar-refractivity contribution in [2.24, 2.45) is 0 Å². The first kappa shape index (κ1) is 24.0. The highest BCUT2D eigenvalue weighted by atomic mass is 16.5. The van der Waals surface area contributed by atoms with E-state index in [9.17, 15) is 14.4 Å². The molecular weight excluding hydrogens is 446 g/mol. The van der Waals surface area contributed by atoms with Crippen molar-refractivity contribution >= 4 is 34.3 Å². The standard InChI is InChI=1S/C26H29N5O4/c1-16(32)30-23(19-5-3-6-20(14-19)35-2)26(34)31-12-4-7-22(31)25(33)29-15-17-8-9-21-18(13-17)10-11-28-24(21)27/h3,5-6,8-11,13-14,22-23H,4,7,12,15H2,1-2H3,(H2,27,28)(H,29,33)(H,30,32)/t22-,23?/m0/s1. The number of methoxy groups -OCH3 is 1. The van der Waals surface area contributed by atoms with E-state index in [1.807, 2.05) is 24.3 Å². The van der Waals surface area contributed by atoms with Crippen molar-refractivity contribution in [2.45, 2.75) is 38.4 Å². The molecule has 3 amide bonds. The van der Waals surface area contributed by atoms with Gasteiger partial charge in [-0.2, -0.15) is 0 Å². The van der Waals surface area contributed by atoms with Crippen molar-refractivity contribution in [1.82, 2.24) is 20.5 Å². The number of pyridine rings is 1. The summed E-state index contributed by atoms with van der Waals surface area (Å²) >= 11 is 0. The number of likely N-dealkylation sites (tertiary alicyclic amines) is 1. The van der Waals surface area contributed by atoms with Crippen molar-refractivity contribution in [2.75, 3.05) is 19.4 Å². The molecular formula is C26H29N5O4. The topological polar surface area (TPSA) is 127 Å². The van der Waals surface area contributed by atoms with Crippen LogP contribution in [0.15, 0.2) is 54.7 Å². The van der Waals surface area contributed by atoms with Crippen molar-refractivity contribution in [3.63, 3.8) is 0 Å². The van der Waals surface area contributed by atoms with E-state index >= 15 is 0 Å². The normalized spacial score (nSPS) is 16.1. The Bertz CT molecular complexity index is 1260. The van der Waals surface area contributed by atoms with Crippen molar-refractivity contribution in [3.05, 3.63) is 65.9 Å². The Labute approximate surface area is 203 Å². The molecule has 1 unspecified atom stereocenters. The van der Waals surface area contributed by atoms with Crippen LogP contribution >= 0.6 is 0 Å². The number of nitrogen functional groups attached to an aromatic ring is 1. The molecule has 4 N–H and O–H groups in total. The molecule has 0 aliphatic carbocycles. The number of nitrogens with one attached hydrogen (secondary N) is 2. The van der Waals surface area contributed by atoms with Gasteiger partial charge in [-0.25, -0.2) is 4.98 Å². The van der Waals surface area contributed by atoms with E-state index in [0.717, 1.165) is 16.3 Å². The predicted molar refractivity (Wildman–Crippen MR) is 132 cm³/mol. The number of rotatable bonds is 7. The number of hydrogen-bond donors (Lipinski definition) is 3. The highest BCUT2D eigenvalue weighted by molar-refractivity contribution is 5.93. The zero-order valence-electron chi connectivity index (χ0n) is 19.8. The zero-order chi connectivity index (χ0) is 24.9. The van der Waals surface area contributed by atoms with E-state index in [1.165, 1.54) is 14.0 Å². The molecule has 1 saturated heterocycles. The number of aromatic nitrogens is 1. The second-order valence-electron chi connectivity index (χ2n) is 8.57. The van der Waals surface area contributed by atoms with Crippen LogP contribution in [0.3, 0.4) is 0 Å². The Morgan fingerprint density at radius 3 is 2.80 bits per heavy atom. The first-order valence-corrected chi connectivity index (χ1v) is 11.5. The number of carbonyl (C=O) groups is 3. The molecule has 2 heterocycles. The van der Waals surface area contributed by atoms with Gasteiger partial charge >= 0.3 is 0 Å². The van der Waals surface area contributed by atoms with Crippen LogP contribution in [0.25, 0.3) is 10.8 Å². The highest BCUT2D eigenvalue weighted by Gasteiger charge is 2.38. The Morgan fingerprint density at radius 1 is 1.20 bits per heavy atom. The SMILES string of the molecule is COc1cccc(C(NC(C)=O)C(=O)N2CCC[C@H]2C(=O)NCc2ccc3c(N)nccc3c2)c1. The van der Waals surface area contributed by atoms with Crippen molar-refractivity contribution in [1.29, 1.82) is 0 Å². The van der Waals surface area contributed by atoms with Crippen LogP contribution in [0.2, 0.25) is 0 Å². The van der Waals surface area contributed by atoms with Gasteiger partial charge in [0.1, 0.15) is 23.7 Å². The number of anilines is 1. The first-order valence-electron chi connectivity index (χ1n) is 11.5. The van der Waals surface area contributed by atoms with Gasteiger partial charge in [0.25, 0.3) is 0 Å². The van der Waals surface area contributed by atoms with E-state index in [2.05, 4.69) is 15.6 Å². The van der Waals surface area contributed by atoms with Crippen molar-refractivity contribution in [3.8, 4) is 5.75 Å². The fourth-order valence-corrected chi connectivity index (χ4v) is 4.45. The second kappa shape index (κ2) is 10.4. The third kappa shape index (κ3) is 5.34. The van der Waals surface area contributed by atoms with Gasteiger partial charge in [0.2, 0.25) is 17.7 Å². The van der Waals surface area contributed by atoms with Crippen LogP contribution in [-0.2, 0) is 20.9 Å². The maximum absolute atomic E-state index is 13.5. The van der Waals surface area contributed by atoms with Gasteiger partial charge in [0.05, 0.1) is 7.11 Å². The lowest BCUT2D eigenvalue weighted by atomic mass is 10.0. The summed E-state index contributed by atoms with van der Waals surface area (Å²) in [4.78, 5) is 44.1. The molecule has 182 valence electrons. The van der Waals surface area contributed by atoms with Crippen LogP contribution in [0, 0.1) is 0 Å². The summed E-state index contributed by atoms with van der Waals surface area (Å²) in [5.74, 6) is 0.160. The fourth-order valence-electron chi connectivity index (χ4n) is 4.45. The highest BCUT2D eigenvalue weighted by Crippen LogP contribution is 2.26. The maximum Gasteiger partial charge on any atom is 0.250 e. The second-order valence-corrected chi connectivity index (χ2v) is 8.57. The molecule has 9 nitrogen and oxygen atoms in total. The van der Waals surface area contributed by atoms with Crippen LogP contribution < -0.4 is 21.1 Å². The number of hydrogen-bond acceptors (Lipinski definition) is 6. The lowest BCUT2D eigenvalue weighted by Crippen LogP contribution is -2.49. The summed E-state index contributed by atoms with van der Waals surface area (Å²) in [5, 5.41) is 7.49. The predicted octanol–water partition coefficient (Wildman–Crippen LogP) is 2.31. The lowest BCUT2D eigenvalue weighted by Gasteiger charge is -2.29. The molecule has 0 bridgehead atoms. The van der Waals surface area contributed by atoms with Crippen LogP contribution in [0.5, 0.6) is 5.75 Å². The minimum absolute atomic E-state index is 0.225.